The van der Waals surface area contributed by atoms with Crippen molar-refractivity contribution < 1.29 is 33.3 Å². The Labute approximate surface area is 278 Å². The van der Waals surface area contributed by atoms with Crippen LogP contribution in [0.5, 0.6) is 0 Å². The normalized spacial score (nSPS) is 11.6. The third-order valence-electron chi connectivity index (χ3n) is 5.46. The number of ether oxygens (including phenoxy) is 4. The molecule has 0 unspecified atom stereocenters. The summed E-state index contributed by atoms with van der Waals surface area (Å²) in [5, 5.41) is 13.0. The number of aromatic nitrogens is 2. The first-order valence-electron chi connectivity index (χ1n) is 14.9. The number of nitrogens with zero attached hydrogens (tertiary/aromatic N) is 4. The topological polar surface area (TPSA) is 303 Å². The summed E-state index contributed by atoms with van der Waals surface area (Å²) in [5.74, 6) is -0.663. The Hall–Kier alpha value is -4.24. The van der Waals surface area contributed by atoms with Gasteiger partial charge in [-0.05, 0) is 19.8 Å². The molecule has 0 saturated heterocycles. The first-order valence-corrected chi connectivity index (χ1v) is 15.3. The Morgan fingerprint density at radius 3 is 1.66 bits per heavy atom. The summed E-state index contributed by atoms with van der Waals surface area (Å²) in [4.78, 5) is 51.3. The fourth-order valence-corrected chi connectivity index (χ4v) is 3.36. The number of urea groups is 2. The molecule has 1 aromatic heterocycles. The maximum atomic E-state index is 12.2. The van der Waals surface area contributed by atoms with E-state index in [1.165, 1.54) is 0 Å². The lowest BCUT2D eigenvalue weighted by molar-refractivity contribution is 0.0525. The number of amides is 5. The lowest BCUT2D eigenvalue weighted by Gasteiger charge is -2.10. The highest BCUT2D eigenvalue weighted by Gasteiger charge is 2.16. The molecule has 0 bridgehead atoms. The average Bonchev–Trinajstić information content (AvgIpc) is 3.02. The number of amidine groups is 1. The van der Waals surface area contributed by atoms with Gasteiger partial charge >= 0.3 is 12.1 Å². The average molecular weight is 690 g/mol. The zero-order valence-electron chi connectivity index (χ0n) is 26.6. The van der Waals surface area contributed by atoms with E-state index in [1.807, 2.05) is 0 Å². The van der Waals surface area contributed by atoms with Gasteiger partial charge in [0.05, 0.1) is 71.8 Å². The molecular weight excluding hydrogens is 642 g/mol. The number of halogens is 1. The quantitative estimate of drug-likeness (QED) is 0.0328. The van der Waals surface area contributed by atoms with Crippen LogP contribution in [-0.4, -0.2) is 132 Å². The summed E-state index contributed by atoms with van der Waals surface area (Å²) in [7, 11) is 0. The largest absolute Gasteiger partial charge is 0.388 e. The number of aliphatic imine (C=N–C) groups is 2. The van der Waals surface area contributed by atoms with Gasteiger partial charge in [0.25, 0.3) is 5.91 Å². The Morgan fingerprint density at radius 2 is 1.15 bits per heavy atom. The molecule has 0 aliphatic heterocycles. The Morgan fingerprint density at radius 1 is 0.681 bits per heavy atom. The summed E-state index contributed by atoms with van der Waals surface area (Å²) >= 11 is 5.76. The van der Waals surface area contributed by atoms with Crippen molar-refractivity contribution in [2.24, 2.45) is 21.5 Å². The van der Waals surface area contributed by atoms with E-state index >= 15 is 0 Å². The number of anilines is 2. The van der Waals surface area contributed by atoms with Gasteiger partial charge in [0.15, 0.2) is 28.4 Å². The van der Waals surface area contributed by atoms with Gasteiger partial charge in [-0.25, -0.2) is 19.6 Å². The van der Waals surface area contributed by atoms with Crippen molar-refractivity contribution in [1.82, 2.24) is 36.6 Å². The first-order chi connectivity index (χ1) is 22.6. The molecule has 0 spiro atoms. The highest BCUT2D eigenvalue weighted by molar-refractivity contribution is 6.31. The van der Waals surface area contributed by atoms with Crippen LogP contribution in [0.3, 0.4) is 0 Å². The molecule has 21 heteroatoms. The van der Waals surface area contributed by atoms with Crippen LogP contribution >= 0.6 is 11.6 Å². The van der Waals surface area contributed by atoms with Crippen molar-refractivity contribution in [2.45, 2.75) is 19.8 Å². The van der Waals surface area contributed by atoms with E-state index in [4.69, 9.17) is 53.5 Å². The van der Waals surface area contributed by atoms with Gasteiger partial charge in [0.2, 0.25) is 0 Å². The predicted molar refractivity (Wildman–Crippen MR) is 177 cm³/mol. The van der Waals surface area contributed by atoms with Crippen LogP contribution in [0, 0.1) is 0 Å². The van der Waals surface area contributed by atoms with Gasteiger partial charge in [0, 0.05) is 26.2 Å². The van der Waals surface area contributed by atoms with Crippen molar-refractivity contribution in [3.8, 4) is 0 Å². The van der Waals surface area contributed by atoms with Crippen molar-refractivity contribution in [3.63, 3.8) is 0 Å². The number of carbonyl (C=O) groups is 3. The second-order valence-corrected chi connectivity index (χ2v) is 9.76. The molecule has 1 rings (SSSR count). The Balaban J connectivity index is 1.90. The van der Waals surface area contributed by atoms with Crippen LogP contribution < -0.4 is 49.5 Å². The fourth-order valence-electron chi connectivity index (χ4n) is 3.24. The molecule has 20 nitrogen and oxygen atoms in total. The molecule has 1 heterocycles. The predicted octanol–water partition coefficient (Wildman–Crippen LogP) is -1.84. The third-order valence-corrected chi connectivity index (χ3v) is 5.74. The maximum absolute atomic E-state index is 12.2. The van der Waals surface area contributed by atoms with E-state index in [-0.39, 0.29) is 53.7 Å². The van der Waals surface area contributed by atoms with Gasteiger partial charge in [-0.1, -0.05) is 11.6 Å². The van der Waals surface area contributed by atoms with Gasteiger partial charge in [-0.2, -0.15) is 0 Å². The van der Waals surface area contributed by atoms with Crippen LogP contribution in [-0.2, 0) is 18.9 Å². The summed E-state index contributed by atoms with van der Waals surface area (Å²) in [6.45, 7) is 6.94. The summed E-state index contributed by atoms with van der Waals surface area (Å²) in [5.41, 5.74) is 22.0. The molecule has 0 aliphatic carbocycles. The molecule has 0 aliphatic rings. The highest BCUT2D eigenvalue weighted by atomic mass is 35.5. The van der Waals surface area contributed by atoms with E-state index in [1.54, 1.807) is 6.92 Å². The van der Waals surface area contributed by atoms with Gasteiger partial charge in [0.1, 0.15) is 0 Å². The van der Waals surface area contributed by atoms with Crippen molar-refractivity contribution in [1.29, 1.82) is 0 Å². The maximum Gasteiger partial charge on any atom is 0.314 e. The fraction of sp³-hybridized carbons (Fsp3) is 0.654. The van der Waals surface area contributed by atoms with Gasteiger partial charge < -0.3 is 63.1 Å². The zero-order chi connectivity index (χ0) is 34.7. The van der Waals surface area contributed by atoms with Crippen LogP contribution in [0.25, 0.3) is 0 Å². The number of nitrogen functional groups attached to an aromatic ring is 2. The summed E-state index contributed by atoms with van der Waals surface area (Å²) in [6.07, 6.45) is 1.40. The zero-order valence-corrected chi connectivity index (χ0v) is 27.4. The van der Waals surface area contributed by atoms with E-state index in [0.29, 0.717) is 97.6 Å². The summed E-state index contributed by atoms with van der Waals surface area (Å²) in [6, 6.07) is -0.587. The molecule has 0 radical (unpaired) electrons. The van der Waals surface area contributed by atoms with Crippen LogP contribution in [0.15, 0.2) is 9.98 Å². The second kappa shape index (κ2) is 25.9. The number of carbonyl (C=O) groups excluding carboxylic acids is 3. The number of nitrogens with two attached hydrogens (primary N) is 4. The number of guanidine groups is 1. The molecule has 0 aromatic carbocycles. The molecule has 0 saturated carbocycles. The first kappa shape index (κ1) is 40.8. The lowest BCUT2D eigenvalue weighted by atomic mass is 10.3. The van der Waals surface area contributed by atoms with E-state index in [0.717, 1.165) is 0 Å². The van der Waals surface area contributed by atoms with Gasteiger partial charge in [-0.15, -0.1) is 0 Å². The number of rotatable bonds is 24. The minimum absolute atomic E-state index is 0.0964. The molecule has 0 fully saturated rings. The van der Waals surface area contributed by atoms with Crippen molar-refractivity contribution >= 4 is 53.0 Å². The molecule has 47 heavy (non-hydrogen) atoms. The Kier molecular flexibility index (Phi) is 22.5. The number of unbranched alkanes of at least 4 members (excludes halogenated alkanes) is 1. The van der Waals surface area contributed by atoms with Crippen molar-refractivity contribution in [3.05, 3.63) is 10.8 Å². The van der Waals surface area contributed by atoms with E-state index in [9.17, 15) is 14.4 Å². The minimum Gasteiger partial charge on any atom is -0.388 e. The smallest absolute Gasteiger partial charge is 0.314 e. The van der Waals surface area contributed by atoms with E-state index < -0.39 is 5.91 Å². The molecule has 266 valence electrons. The van der Waals surface area contributed by atoms with Gasteiger partial charge in [-0.3, -0.25) is 20.1 Å². The van der Waals surface area contributed by atoms with Crippen molar-refractivity contribution in [2.75, 3.05) is 104 Å². The highest BCUT2D eigenvalue weighted by Crippen LogP contribution is 2.17. The Bertz CT molecular complexity index is 1140. The van der Waals surface area contributed by atoms with Crippen LogP contribution in [0.2, 0.25) is 5.15 Å². The number of nitrogens with one attached hydrogen (secondary N) is 5. The number of hydrogen-bond donors (Lipinski definition) is 9. The second-order valence-electron chi connectivity index (χ2n) is 9.40. The summed E-state index contributed by atoms with van der Waals surface area (Å²) < 4.78 is 21.5. The molecule has 5 amide bonds. The van der Waals surface area contributed by atoms with Crippen LogP contribution in [0.1, 0.15) is 30.3 Å². The standard InChI is InChI=1S/C26H48ClN13O7/c1-18(28)32-6-10-44-14-16-46-12-8-36-25(42)34-4-2-3-5-35-26(43)37-9-13-47-17-15-45-11-7-33-24(31)40-23(41)19-21(29)39-22(30)20(27)38-19/h2-17H2,1H3,(H2,28,32)(H4,29,30,39)(H2,34,36,42)(H2,35,37,43)(H3,31,33,40,41). The number of hydrogen-bond acceptors (Lipinski definition) is 13. The van der Waals surface area contributed by atoms with E-state index in [2.05, 4.69) is 46.5 Å². The van der Waals surface area contributed by atoms with Crippen LogP contribution in [0.4, 0.5) is 21.2 Å². The molecule has 13 N–H and O–H groups in total. The SMILES string of the molecule is CC(N)=NCCOCCOCCNC(=O)NCCCCNC(=O)NCCOCCOCCN=C(N)NC(=O)c1nc(Cl)c(N)nc1N. The monoisotopic (exact) mass is 689 g/mol. The third kappa shape index (κ3) is 22.0. The minimum atomic E-state index is -0.734. The lowest BCUT2D eigenvalue weighted by Crippen LogP contribution is -2.39. The molecular formula is C26H48ClN13O7. The molecule has 1 aromatic rings. The molecule has 0 atom stereocenters.